The lowest BCUT2D eigenvalue weighted by molar-refractivity contribution is 0.0948. The fourth-order valence-electron chi connectivity index (χ4n) is 2.52. The Bertz CT molecular complexity index is 868. The Labute approximate surface area is 151 Å². The molecular formula is C19H18ClN3O2. The van der Waals surface area contributed by atoms with Crippen LogP contribution in [0.3, 0.4) is 0 Å². The molecule has 0 unspecified atom stereocenters. The first kappa shape index (κ1) is 17.0. The molecule has 0 radical (unpaired) electrons. The van der Waals surface area contributed by atoms with E-state index in [2.05, 4.69) is 15.6 Å². The van der Waals surface area contributed by atoms with Gasteiger partial charge in [0.25, 0.3) is 5.91 Å². The summed E-state index contributed by atoms with van der Waals surface area (Å²) < 4.78 is 5.20. The lowest BCUT2D eigenvalue weighted by Crippen LogP contribution is -2.22. The van der Waals surface area contributed by atoms with Crippen molar-refractivity contribution in [3.05, 3.63) is 76.3 Å². The molecule has 1 aromatic carbocycles. The van der Waals surface area contributed by atoms with Crippen LogP contribution >= 0.6 is 11.6 Å². The van der Waals surface area contributed by atoms with Crippen molar-refractivity contribution in [2.45, 2.75) is 20.4 Å². The number of anilines is 2. The Kier molecular flexibility index (Phi) is 5.05. The molecule has 5 nitrogen and oxygen atoms in total. The molecule has 128 valence electrons. The van der Waals surface area contributed by atoms with Gasteiger partial charge in [0.1, 0.15) is 11.6 Å². The van der Waals surface area contributed by atoms with Crippen LogP contribution in [0.1, 0.15) is 27.2 Å². The van der Waals surface area contributed by atoms with E-state index in [0.29, 0.717) is 28.7 Å². The fraction of sp³-hybridized carbons (Fsp3) is 0.158. The van der Waals surface area contributed by atoms with Gasteiger partial charge in [-0.3, -0.25) is 4.79 Å². The predicted molar refractivity (Wildman–Crippen MR) is 98.3 cm³/mol. The summed E-state index contributed by atoms with van der Waals surface area (Å²) in [6.07, 6.45) is 3.16. The number of pyridine rings is 1. The third-order valence-electron chi connectivity index (χ3n) is 3.71. The monoisotopic (exact) mass is 355 g/mol. The third kappa shape index (κ3) is 4.19. The maximum Gasteiger partial charge on any atom is 0.251 e. The van der Waals surface area contributed by atoms with E-state index < -0.39 is 0 Å². The fourth-order valence-corrected chi connectivity index (χ4v) is 2.89. The number of carbonyl (C=O) groups excluding carboxylic acids is 1. The number of rotatable bonds is 5. The molecule has 2 heterocycles. The van der Waals surface area contributed by atoms with Gasteiger partial charge in [-0.2, -0.15) is 0 Å². The Morgan fingerprint density at radius 1 is 1.24 bits per heavy atom. The smallest absolute Gasteiger partial charge is 0.251 e. The first-order valence-electron chi connectivity index (χ1n) is 7.83. The number of halogens is 1. The van der Waals surface area contributed by atoms with Crippen molar-refractivity contribution >= 4 is 29.0 Å². The van der Waals surface area contributed by atoms with Crippen molar-refractivity contribution in [2.24, 2.45) is 0 Å². The van der Waals surface area contributed by atoms with Gasteiger partial charge in [-0.05, 0) is 55.3 Å². The summed E-state index contributed by atoms with van der Waals surface area (Å²) in [6, 6.07) is 10.9. The molecule has 0 fully saturated rings. The lowest BCUT2D eigenvalue weighted by atomic mass is 10.1. The Morgan fingerprint density at radius 2 is 2.08 bits per heavy atom. The average molecular weight is 356 g/mol. The van der Waals surface area contributed by atoms with Gasteiger partial charge in [-0.1, -0.05) is 17.7 Å². The molecule has 3 rings (SSSR count). The Balaban J connectivity index is 1.74. The number of benzene rings is 1. The number of hydrogen-bond acceptors (Lipinski definition) is 4. The zero-order valence-electron chi connectivity index (χ0n) is 14.0. The molecule has 1 amide bonds. The number of aryl methyl sites for hydroxylation is 2. The van der Waals surface area contributed by atoms with E-state index in [0.717, 1.165) is 16.8 Å². The summed E-state index contributed by atoms with van der Waals surface area (Å²) in [7, 11) is 0. The van der Waals surface area contributed by atoms with Crippen molar-refractivity contribution in [3.63, 3.8) is 0 Å². The lowest BCUT2D eigenvalue weighted by Gasteiger charge is -2.12. The van der Waals surface area contributed by atoms with E-state index in [1.165, 1.54) is 0 Å². The van der Waals surface area contributed by atoms with Crippen molar-refractivity contribution in [3.8, 4) is 0 Å². The van der Waals surface area contributed by atoms with Crippen molar-refractivity contribution in [2.75, 3.05) is 5.32 Å². The van der Waals surface area contributed by atoms with E-state index in [-0.39, 0.29) is 5.91 Å². The van der Waals surface area contributed by atoms with Gasteiger partial charge < -0.3 is 15.1 Å². The summed E-state index contributed by atoms with van der Waals surface area (Å²) in [5.41, 5.74) is 3.39. The van der Waals surface area contributed by atoms with E-state index in [9.17, 15) is 4.79 Å². The number of aromatic nitrogens is 1. The summed E-state index contributed by atoms with van der Waals surface area (Å²) >= 11 is 6.31. The molecule has 0 bridgehead atoms. The second kappa shape index (κ2) is 7.40. The van der Waals surface area contributed by atoms with Crippen LogP contribution < -0.4 is 10.6 Å². The first-order valence-corrected chi connectivity index (χ1v) is 8.21. The quantitative estimate of drug-likeness (QED) is 0.700. The number of amides is 1. The van der Waals surface area contributed by atoms with Gasteiger partial charge >= 0.3 is 0 Å². The van der Waals surface area contributed by atoms with Gasteiger partial charge in [-0.15, -0.1) is 0 Å². The SMILES string of the molecule is Cc1cc(C)c(Nc2cc(C(=O)NCc3ccco3)ccn2)c(Cl)c1. The number of nitrogens with zero attached hydrogens (tertiary/aromatic N) is 1. The highest BCUT2D eigenvalue weighted by Crippen LogP contribution is 2.29. The van der Waals surface area contributed by atoms with Gasteiger partial charge in [0.05, 0.1) is 23.5 Å². The van der Waals surface area contributed by atoms with Crippen LogP contribution in [0.2, 0.25) is 5.02 Å². The zero-order chi connectivity index (χ0) is 17.8. The number of carbonyl (C=O) groups is 1. The van der Waals surface area contributed by atoms with Gasteiger partial charge in [0, 0.05) is 11.8 Å². The molecule has 3 aromatic rings. The molecule has 0 spiro atoms. The maximum atomic E-state index is 12.3. The van der Waals surface area contributed by atoms with E-state index >= 15 is 0 Å². The molecule has 0 saturated heterocycles. The van der Waals surface area contributed by atoms with Crippen LogP contribution in [-0.4, -0.2) is 10.9 Å². The van der Waals surface area contributed by atoms with Crippen LogP contribution in [0.25, 0.3) is 0 Å². The van der Waals surface area contributed by atoms with Gasteiger partial charge in [0.15, 0.2) is 0 Å². The minimum Gasteiger partial charge on any atom is -0.467 e. The average Bonchev–Trinajstić information content (AvgIpc) is 3.10. The molecule has 0 aliphatic heterocycles. The second-order valence-electron chi connectivity index (χ2n) is 5.76. The zero-order valence-corrected chi connectivity index (χ0v) is 14.7. The van der Waals surface area contributed by atoms with Crippen LogP contribution in [0.5, 0.6) is 0 Å². The van der Waals surface area contributed by atoms with Gasteiger partial charge in [-0.25, -0.2) is 4.98 Å². The Hall–Kier alpha value is -2.79. The summed E-state index contributed by atoms with van der Waals surface area (Å²) in [4.78, 5) is 16.6. The number of nitrogens with one attached hydrogen (secondary N) is 2. The van der Waals surface area contributed by atoms with Crippen molar-refractivity contribution < 1.29 is 9.21 Å². The standard InChI is InChI=1S/C19H18ClN3O2/c1-12-8-13(2)18(16(20)9-12)23-17-10-14(5-6-21-17)19(24)22-11-15-4-3-7-25-15/h3-10H,11H2,1-2H3,(H,21,23)(H,22,24). The van der Waals surface area contributed by atoms with Crippen LogP contribution in [0, 0.1) is 13.8 Å². The number of hydrogen-bond donors (Lipinski definition) is 2. The maximum absolute atomic E-state index is 12.3. The highest BCUT2D eigenvalue weighted by atomic mass is 35.5. The minimum absolute atomic E-state index is 0.200. The third-order valence-corrected chi connectivity index (χ3v) is 4.01. The van der Waals surface area contributed by atoms with E-state index in [1.54, 1.807) is 30.7 Å². The normalized spacial score (nSPS) is 10.5. The van der Waals surface area contributed by atoms with Gasteiger partial charge in [0.2, 0.25) is 0 Å². The van der Waals surface area contributed by atoms with E-state index in [4.69, 9.17) is 16.0 Å². The van der Waals surface area contributed by atoms with Crippen LogP contribution in [0.15, 0.2) is 53.3 Å². The van der Waals surface area contributed by atoms with Crippen molar-refractivity contribution in [1.29, 1.82) is 0 Å². The summed E-state index contributed by atoms with van der Waals surface area (Å²) in [5.74, 6) is 1.05. The van der Waals surface area contributed by atoms with Crippen LogP contribution in [0.4, 0.5) is 11.5 Å². The molecule has 0 saturated carbocycles. The van der Waals surface area contributed by atoms with Crippen molar-refractivity contribution in [1.82, 2.24) is 10.3 Å². The molecule has 6 heteroatoms. The molecule has 25 heavy (non-hydrogen) atoms. The number of furan rings is 1. The highest BCUT2D eigenvalue weighted by molar-refractivity contribution is 6.33. The van der Waals surface area contributed by atoms with E-state index in [1.807, 2.05) is 32.0 Å². The summed E-state index contributed by atoms with van der Waals surface area (Å²) in [5, 5.41) is 6.62. The first-order chi connectivity index (χ1) is 12.0. The second-order valence-corrected chi connectivity index (χ2v) is 6.16. The molecule has 0 aliphatic carbocycles. The predicted octanol–water partition coefficient (Wildman–Crippen LogP) is 4.62. The van der Waals surface area contributed by atoms with Crippen LogP contribution in [-0.2, 0) is 6.54 Å². The summed E-state index contributed by atoms with van der Waals surface area (Å²) in [6.45, 7) is 4.30. The molecule has 0 aliphatic rings. The molecule has 0 atom stereocenters. The molecule has 2 aromatic heterocycles. The Morgan fingerprint density at radius 3 is 2.80 bits per heavy atom. The molecule has 2 N–H and O–H groups in total. The largest absolute Gasteiger partial charge is 0.467 e. The topological polar surface area (TPSA) is 67.2 Å². The molecular weight excluding hydrogens is 338 g/mol. The minimum atomic E-state index is -0.200. The highest BCUT2D eigenvalue weighted by Gasteiger charge is 2.10.